The van der Waals surface area contributed by atoms with Gasteiger partial charge in [0, 0.05) is 6.54 Å². The Bertz CT molecular complexity index is 539. The minimum atomic E-state index is -0.186. The SMILES string of the molecule is CCCn1cnnc1C1COc2ccccc2O1. The van der Waals surface area contributed by atoms with Crippen LogP contribution in [0.4, 0.5) is 0 Å². The van der Waals surface area contributed by atoms with Crippen LogP contribution in [0.3, 0.4) is 0 Å². The van der Waals surface area contributed by atoms with Gasteiger partial charge >= 0.3 is 0 Å². The van der Waals surface area contributed by atoms with Crippen molar-refractivity contribution in [2.75, 3.05) is 6.61 Å². The van der Waals surface area contributed by atoms with Crippen LogP contribution in [0.25, 0.3) is 0 Å². The van der Waals surface area contributed by atoms with Crippen LogP contribution in [0.15, 0.2) is 30.6 Å². The molecule has 1 aliphatic rings. The summed E-state index contributed by atoms with van der Waals surface area (Å²) in [5.74, 6) is 2.38. The topological polar surface area (TPSA) is 49.2 Å². The van der Waals surface area contributed by atoms with Gasteiger partial charge in [0.1, 0.15) is 12.9 Å². The third kappa shape index (κ3) is 1.92. The number of para-hydroxylation sites is 2. The Labute approximate surface area is 105 Å². The quantitative estimate of drug-likeness (QED) is 0.831. The summed E-state index contributed by atoms with van der Waals surface area (Å²) in [6.45, 7) is 3.49. The predicted octanol–water partition coefficient (Wildman–Crippen LogP) is 2.20. The van der Waals surface area contributed by atoms with Crippen LogP contribution in [-0.4, -0.2) is 21.4 Å². The van der Waals surface area contributed by atoms with Gasteiger partial charge in [-0.1, -0.05) is 19.1 Å². The van der Waals surface area contributed by atoms with Crippen molar-refractivity contribution in [1.29, 1.82) is 0 Å². The van der Waals surface area contributed by atoms with Crippen molar-refractivity contribution in [3.05, 3.63) is 36.4 Å². The second-order valence-electron chi connectivity index (χ2n) is 4.25. The number of rotatable bonds is 3. The molecule has 0 spiro atoms. The van der Waals surface area contributed by atoms with Crippen molar-refractivity contribution >= 4 is 0 Å². The molecule has 18 heavy (non-hydrogen) atoms. The summed E-state index contributed by atoms with van der Waals surface area (Å²) < 4.78 is 13.6. The molecule has 0 fully saturated rings. The van der Waals surface area contributed by atoms with Crippen LogP contribution in [0.5, 0.6) is 11.5 Å². The summed E-state index contributed by atoms with van der Waals surface area (Å²) in [4.78, 5) is 0. The maximum Gasteiger partial charge on any atom is 0.192 e. The van der Waals surface area contributed by atoms with Crippen molar-refractivity contribution in [2.24, 2.45) is 0 Å². The minimum Gasteiger partial charge on any atom is -0.485 e. The van der Waals surface area contributed by atoms with Crippen LogP contribution in [0.1, 0.15) is 25.3 Å². The lowest BCUT2D eigenvalue weighted by Crippen LogP contribution is -2.24. The van der Waals surface area contributed by atoms with Gasteiger partial charge in [-0.3, -0.25) is 0 Å². The molecule has 3 rings (SSSR count). The molecule has 1 aromatic heterocycles. The van der Waals surface area contributed by atoms with Gasteiger partial charge in [-0.2, -0.15) is 0 Å². The highest BCUT2D eigenvalue weighted by Gasteiger charge is 2.26. The summed E-state index contributed by atoms with van der Waals surface area (Å²) in [7, 11) is 0. The molecule has 0 amide bonds. The number of hydrogen-bond donors (Lipinski definition) is 0. The number of hydrogen-bond acceptors (Lipinski definition) is 4. The molecule has 1 atom stereocenters. The lowest BCUT2D eigenvalue weighted by molar-refractivity contribution is 0.0821. The van der Waals surface area contributed by atoms with E-state index in [0.29, 0.717) is 6.61 Å². The zero-order valence-electron chi connectivity index (χ0n) is 10.2. The molecule has 2 aromatic rings. The van der Waals surface area contributed by atoms with E-state index in [2.05, 4.69) is 17.1 Å². The standard InChI is InChI=1S/C13H15N3O2/c1-2-7-16-9-14-15-13(16)12-8-17-10-5-3-4-6-11(10)18-12/h3-6,9,12H,2,7-8H2,1H3. The second kappa shape index (κ2) is 4.68. The maximum atomic E-state index is 5.91. The smallest absolute Gasteiger partial charge is 0.192 e. The average Bonchev–Trinajstić information content (AvgIpc) is 2.87. The third-order valence-corrected chi connectivity index (χ3v) is 2.91. The monoisotopic (exact) mass is 245 g/mol. The fourth-order valence-electron chi connectivity index (χ4n) is 2.07. The Morgan fingerprint density at radius 2 is 2.17 bits per heavy atom. The van der Waals surface area contributed by atoms with E-state index in [1.165, 1.54) is 0 Å². The number of benzene rings is 1. The number of ether oxygens (including phenoxy) is 2. The molecule has 0 saturated heterocycles. The summed E-state index contributed by atoms with van der Waals surface area (Å²) in [6, 6.07) is 7.67. The molecule has 1 aliphatic heterocycles. The van der Waals surface area contributed by atoms with E-state index in [4.69, 9.17) is 9.47 Å². The molecule has 0 bridgehead atoms. The minimum absolute atomic E-state index is 0.186. The first-order valence-corrected chi connectivity index (χ1v) is 6.14. The van der Waals surface area contributed by atoms with E-state index in [9.17, 15) is 0 Å². The Balaban J connectivity index is 1.85. The average molecular weight is 245 g/mol. The Morgan fingerprint density at radius 3 is 3.00 bits per heavy atom. The first-order chi connectivity index (χ1) is 8.88. The van der Waals surface area contributed by atoms with Gasteiger partial charge in [0.25, 0.3) is 0 Å². The highest BCUT2D eigenvalue weighted by atomic mass is 16.6. The van der Waals surface area contributed by atoms with Gasteiger partial charge in [0.2, 0.25) is 0 Å². The number of fused-ring (bicyclic) bond motifs is 1. The third-order valence-electron chi connectivity index (χ3n) is 2.91. The normalized spacial score (nSPS) is 17.7. The van der Waals surface area contributed by atoms with Gasteiger partial charge in [-0.05, 0) is 18.6 Å². The molecule has 0 radical (unpaired) electrons. The van der Waals surface area contributed by atoms with Crippen molar-refractivity contribution in [1.82, 2.24) is 14.8 Å². The first-order valence-electron chi connectivity index (χ1n) is 6.14. The number of nitrogens with zero attached hydrogens (tertiary/aromatic N) is 3. The zero-order valence-corrected chi connectivity index (χ0v) is 10.2. The highest BCUT2D eigenvalue weighted by Crippen LogP contribution is 2.35. The Kier molecular flexibility index (Phi) is 2.88. The Hall–Kier alpha value is -2.04. The molecule has 1 unspecified atom stereocenters. The summed E-state index contributed by atoms with van der Waals surface area (Å²) in [5.41, 5.74) is 0. The van der Waals surface area contributed by atoms with Crippen LogP contribution in [0.2, 0.25) is 0 Å². The zero-order chi connectivity index (χ0) is 12.4. The van der Waals surface area contributed by atoms with Crippen LogP contribution in [-0.2, 0) is 6.54 Å². The van der Waals surface area contributed by atoms with E-state index in [-0.39, 0.29) is 6.10 Å². The lowest BCUT2D eigenvalue weighted by Gasteiger charge is -2.25. The molecular formula is C13H15N3O2. The van der Waals surface area contributed by atoms with Gasteiger partial charge in [-0.15, -0.1) is 10.2 Å². The summed E-state index contributed by atoms with van der Waals surface area (Å²) >= 11 is 0. The molecule has 2 heterocycles. The van der Waals surface area contributed by atoms with Crippen molar-refractivity contribution in [2.45, 2.75) is 26.0 Å². The van der Waals surface area contributed by atoms with Crippen molar-refractivity contribution in [3.8, 4) is 11.5 Å². The predicted molar refractivity (Wildman–Crippen MR) is 65.6 cm³/mol. The molecular weight excluding hydrogens is 230 g/mol. The van der Waals surface area contributed by atoms with E-state index in [0.717, 1.165) is 30.3 Å². The van der Waals surface area contributed by atoms with E-state index >= 15 is 0 Å². The molecule has 94 valence electrons. The van der Waals surface area contributed by atoms with Gasteiger partial charge < -0.3 is 14.0 Å². The second-order valence-corrected chi connectivity index (χ2v) is 4.25. The number of aromatic nitrogens is 3. The van der Waals surface area contributed by atoms with Gasteiger partial charge in [0.15, 0.2) is 23.4 Å². The molecule has 0 N–H and O–H groups in total. The van der Waals surface area contributed by atoms with Crippen molar-refractivity contribution < 1.29 is 9.47 Å². The lowest BCUT2D eigenvalue weighted by atomic mass is 10.2. The van der Waals surface area contributed by atoms with Gasteiger partial charge in [0.05, 0.1) is 0 Å². The first kappa shape index (κ1) is 11.1. The Morgan fingerprint density at radius 1 is 1.33 bits per heavy atom. The van der Waals surface area contributed by atoms with E-state index in [1.54, 1.807) is 6.33 Å². The van der Waals surface area contributed by atoms with E-state index in [1.807, 2.05) is 28.8 Å². The summed E-state index contributed by atoms with van der Waals surface area (Å²) in [5, 5.41) is 8.09. The molecule has 0 saturated carbocycles. The maximum absolute atomic E-state index is 5.91. The molecule has 0 aliphatic carbocycles. The fraction of sp³-hybridized carbons (Fsp3) is 0.385. The van der Waals surface area contributed by atoms with Gasteiger partial charge in [-0.25, -0.2) is 0 Å². The summed E-state index contributed by atoms with van der Waals surface area (Å²) in [6.07, 6.45) is 2.59. The van der Waals surface area contributed by atoms with Crippen LogP contribution in [0, 0.1) is 0 Å². The van der Waals surface area contributed by atoms with E-state index < -0.39 is 0 Å². The molecule has 1 aromatic carbocycles. The van der Waals surface area contributed by atoms with Crippen LogP contribution < -0.4 is 9.47 Å². The fourth-order valence-corrected chi connectivity index (χ4v) is 2.07. The molecule has 5 nitrogen and oxygen atoms in total. The number of aryl methyl sites for hydroxylation is 1. The van der Waals surface area contributed by atoms with Crippen molar-refractivity contribution in [3.63, 3.8) is 0 Å². The molecule has 5 heteroatoms. The largest absolute Gasteiger partial charge is 0.485 e. The highest BCUT2D eigenvalue weighted by molar-refractivity contribution is 5.40. The van der Waals surface area contributed by atoms with Crippen LogP contribution >= 0.6 is 0 Å².